The van der Waals surface area contributed by atoms with E-state index in [9.17, 15) is 0 Å². The van der Waals surface area contributed by atoms with Crippen LogP contribution in [0.15, 0.2) is 0 Å². The Kier molecular flexibility index (Phi) is 2.35. The Morgan fingerprint density at radius 1 is 1.25 bits per heavy atom. The molecule has 0 aromatic rings. The summed E-state index contributed by atoms with van der Waals surface area (Å²) in [5.74, 6) is 0. The maximum atomic E-state index is 8.84. The molecule has 2 aliphatic rings. The van der Waals surface area contributed by atoms with E-state index in [1.807, 2.05) is 0 Å². The number of hydrogen-bond acceptors (Lipinski definition) is 3. The van der Waals surface area contributed by atoms with Gasteiger partial charge in [-0.1, -0.05) is 0 Å². The summed E-state index contributed by atoms with van der Waals surface area (Å²) >= 11 is 0. The van der Waals surface area contributed by atoms with Crippen LogP contribution in [0.3, 0.4) is 0 Å². The molecule has 1 unspecified atom stereocenters. The molecule has 2 bridgehead atoms. The molecule has 0 saturated carbocycles. The highest BCUT2D eigenvalue weighted by Gasteiger charge is 2.39. The molecule has 3 N–H and O–H groups in total. The molecule has 2 heterocycles. The number of fused-ring (bicyclic) bond motifs is 2. The van der Waals surface area contributed by atoms with E-state index < -0.39 is 0 Å². The lowest BCUT2D eigenvalue weighted by Gasteiger charge is -2.24. The van der Waals surface area contributed by atoms with Crippen molar-refractivity contribution in [1.82, 2.24) is 4.90 Å². The molecular weight excluding hydrogens is 152 g/mol. The lowest BCUT2D eigenvalue weighted by Crippen LogP contribution is -2.42. The van der Waals surface area contributed by atoms with Gasteiger partial charge >= 0.3 is 0 Å². The summed E-state index contributed by atoms with van der Waals surface area (Å²) < 4.78 is 0. The fourth-order valence-electron chi connectivity index (χ4n) is 2.65. The van der Waals surface area contributed by atoms with Crippen LogP contribution in [-0.2, 0) is 0 Å². The van der Waals surface area contributed by atoms with Crippen molar-refractivity contribution >= 4 is 0 Å². The van der Waals surface area contributed by atoms with Gasteiger partial charge in [-0.15, -0.1) is 0 Å². The minimum atomic E-state index is -0.0359. The topological polar surface area (TPSA) is 49.5 Å². The van der Waals surface area contributed by atoms with E-state index >= 15 is 0 Å². The second-order valence-electron chi connectivity index (χ2n) is 4.10. The first-order chi connectivity index (χ1) is 5.81. The summed E-state index contributed by atoms with van der Waals surface area (Å²) in [4.78, 5) is 2.50. The first-order valence-corrected chi connectivity index (χ1v) is 4.93. The van der Waals surface area contributed by atoms with Gasteiger partial charge in [-0.25, -0.2) is 0 Å². The van der Waals surface area contributed by atoms with Crippen LogP contribution in [0.1, 0.15) is 25.7 Å². The standard InChI is InChI=1S/C9H18N2O/c10-7(6-12)5-11-8-1-2-9(11)4-3-8/h7-9,12H,1-6,10H2. The molecule has 0 aliphatic carbocycles. The van der Waals surface area contributed by atoms with E-state index in [2.05, 4.69) is 4.90 Å². The van der Waals surface area contributed by atoms with Gasteiger partial charge in [0.25, 0.3) is 0 Å². The third-order valence-corrected chi connectivity index (χ3v) is 3.28. The van der Waals surface area contributed by atoms with E-state index in [0.29, 0.717) is 0 Å². The van der Waals surface area contributed by atoms with Crippen LogP contribution in [0.2, 0.25) is 0 Å². The number of aliphatic hydroxyl groups excluding tert-OH is 1. The van der Waals surface area contributed by atoms with Crippen LogP contribution < -0.4 is 5.73 Å². The van der Waals surface area contributed by atoms with Gasteiger partial charge in [0.1, 0.15) is 0 Å². The number of aliphatic hydroxyl groups is 1. The zero-order valence-corrected chi connectivity index (χ0v) is 7.45. The van der Waals surface area contributed by atoms with Crippen molar-refractivity contribution in [2.45, 2.75) is 43.8 Å². The number of hydrogen-bond donors (Lipinski definition) is 2. The Labute approximate surface area is 73.5 Å². The quantitative estimate of drug-likeness (QED) is 0.623. The van der Waals surface area contributed by atoms with Crippen molar-refractivity contribution in [1.29, 1.82) is 0 Å². The van der Waals surface area contributed by atoms with Crippen LogP contribution in [0.4, 0.5) is 0 Å². The van der Waals surface area contributed by atoms with Crippen molar-refractivity contribution in [3.8, 4) is 0 Å². The molecular formula is C9H18N2O. The minimum Gasteiger partial charge on any atom is -0.395 e. The Balaban J connectivity index is 1.88. The third kappa shape index (κ3) is 1.37. The molecule has 2 saturated heterocycles. The normalized spacial score (nSPS) is 37.5. The second kappa shape index (κ2) is 3.32. The lowest BCUT2D eigenvalue weighted by molar-refractivity contribution is 0.189. The summed E-state index contributed by atoms with van der Waals surface area (Å²) in [6.45, 7) is 1.02. The molecule has 12 heavy (non-hydrogen) atoms. The molecule has 3 nitrogen and oxygen atoms in total. The van der Waals surface area contributed by atoms with Crippen LogP contribution in [0.5, 0.6) is 0 Å². The maximum absolute atomic E-state index is 8.84. The SMILES string of the molecule is NC(CO)CN1C2CCC1CC2. The average molecular weight is 170 g/mol. The van der Waals surface area contributed by atoms with Crippen molar-refractivity contribution < 1.29 is 5.11 Å². The second-order valence-corrected chi connectivity index (χ2v) is 4.10. The molecule has 0 spiro atoms. The molecule has 3 heteroatoms. The van der Waals surface area contributed by atoms with Crippen molar-refractivity contribution in [3.05, 3.63) is 0 Å². The van der Waals surface area contributed by atoms with Crippen LogP contribution >= 0.6 is 0 Å². The first kappa shape index (κ1) is 8.48. The predicted molar refractivity (Wildman–Crippen MR) is 47.8 cm³/mol. The summed E-state index contributed by atoms with van der Waals surface area (Å²) in [6, 6.07) is 1.53. The van der Waals surface area contributed by atoms with Crippen molar-refractivity contribution in [2.24, 2.45) is 5.73 Å². The summed E-state index contributed by atoms with van der Waals surface area (Å²) in [5.41, 5.74) is 5.71. The van der Waals surface area contributed by atoms with E-state index in [1.165, 1.54) is 25.7 Å². The summed E-state index contributed by atoms with van der Waals surface area (Å²) in [7, 11) is 0. The van der Waals surface area contributed by atoms with Gasteiger partial charge in [0.2, 0.25) is 0 Å². The fraction of sp³-hybridized carbons (Fsp3) is 1.00. The van der Waals surface area contributed by atoms with Gasteiger partial charge < -0.3 is 10.8 Å². The summed E-state index contributed by atoms with van der Waals surface area (Å²) in [5, 5.41) is 8.84. The fourth-order valence-corrected chi connectivity index (χ4v) is 2.65. The number of nitrogens with zero attached hydrogens (tertiary/aromatic N) is 1. The van der Waals surface area contributed by atoms with Gasteiger partial charge in [-0.3, -0.25) is 4.90 Å². The molecule has 1 atom stereocenters. The number of nitrogens with two attached hydrogens (primary N) is 1. The Hall–Kier alpha value is -0.120. The maximum Gasteiger partial charge on any atom is 0.0595 e. The van der Waals surface area contributed by atoms with E-state index in [0.717, 1.165) is 18.6 Å². The highest BCUT2D eigenvalue weighted by atomic mass is 16.3. The van der Waals surface area contributed by atoms with Gasteiger partial charge in [-0.05, 0) is 25.7 Å². The van der Waals surface area contributed by atoms with Gasteiger partial charge in [-0.2, -0.15) is 0 Å². The minimum absolute atomic E-state index is 0.0359. The lowest BCUT2D eigenvalue weighted by atomic mass is 10.0. The Morgan fingerprint density at radius 2 is 1.75 bits per heavy atom. The van der Waals surface area contributed by atoms with E-state index in [4.69, 9.17) is 10.8 Å². The van der Waals surface area contributed by atoms with Gasteiger partial charge in [0.15, 0.2) is 0 Å². The average Bonchev–Trinajstić information content (AvgIpc) is 2.65. The van der Waals surface area contributed by atoms with Crippen LogP contribution in [-0.4, -0.2) is 41.3 Å². The molecule has 70 valence electrons. The van der Waals surface area contributed by atoms with Crippen LogP contribution in [0, 0.1) is 0 Å². The first-order valence-electron chi connectivity index (χ1n) is 4.93. The molecule has 0 aromatic carbocycles. The largest absolute Gasteiger partial charge is 0.395 e. The Morgan fingerprint density at radius 3 is 2.17 bits per heavy atom. The predicted octanol–water partition coefficient (Wildman–Crippen LogP) is -0.0672. The molecule has 0 amide bonds. The molecule has 2 aliphatic heterocycles. The van der Waals surface area contributed by atoms with E-state index in [-0.39, 0.29) is 12.6 Å². The highest BCUT2D eigenvalue weighted by molar-refractivity contribution is 4.95. The van der Waals surface area contributed by atoms with Crippen LogP contribution in [0.25, 0.3) is 0 Å². The van der Waals surface area contributed by atoms with E-state index in [1.54, 1.807) is 0 Å². The Bertz CT molecular complexity index is 143. The van der Waals surface area contributed by atoms with Crippen molar-refractivity contribution in [3.63, 3.8) is 0 Å². The molecule has 2 rings (SSSR count). The summed E-state index contributed by atoms with van der Waals surface area (Å²) in [6.07, 6.45) is 5.40. The number of rotatable bonds is 3. The molecule has 0 radical (unpaired) electrons. The smallest absolute Gasteiger partial charge is 0.0595 e. The monoisotopic (exact) mass is 170 g/mol. The molecule has 0 aromatic heterocycles. The van der Waals surface area contributed by atoms with Crippen molar-refractivity contribution in [2.75, 3.05) is 13.2 Å². The van der Waals surface area contributed by atoms with Gasteiger partial charge in [0.05, 0.1) is 6.61 Å². The zero-order valence-electron chi connectivity index (χ0n) is 7.45. The highest BCUT2D eigenvalue weighted by Crippen LogP contribution is 2.36. The zero-order chi connectivity index (χ0) is 8.55. The van der Waals surface area contributed by atoms with Gasteiger partial charge in [0, 0.05) is 24.7 Å². The third-order valence-electron chi connectivity index (χ3n) is 3.28. The molecule has 2 fully saturated rings.